The fraction of sp³-hybridized carbons (Fsp3) is 0.208. The molecule has 0 aliphatic carbocycles. The average molecular weight is 373 g/mol. The Hall–Kier alpha value is -2.97. The van der Waals surface area contributed by atoms with E-state index in [0.717, 1.165) is 16.7 Å². The van der Waals surface area contributed by atoms with Crippen molar-refractivity contribution in [1.29, 1.82) is 5.26 Å². The van der Waals surface area contributed by atoms with Crippen LogP contribution >= 0.6 is 0 Å². The highest BCUT2D eigenvalue weighted by atomic mass is 16.5. The lowest BCUT2D eigenvalue weighted by molar-refractivity contribution is -0.0341. The van der Waals surface area contributed by atoms with Gasteiger partial charge in [-0.3, -0.25) is 0 Å². The maximum atomic E-state index is 9.97. The second-order valence-corrected chi connectivity index (χ2v) is 6.58. The predicted molar refractivity (Wildman–Crippen MR) is 107 cm³/mol. The number of benzene rings is 3. The van der Waals surface area contributed by atoms with E-state index in [1.807, 2.05) is 97.1 Å². The average Bonchev–Trinajstić information content (AvgIpc) is 2.78. The van der Waals surface area contributed by atoms with E-state index in [1.54, 1.807) is 0 Å². The zero-order chi connectivity index (χ0) is 19.8. The van der Waals surface area contributed by atoms with Crippen molar-refractivity contribution in [2.24, 2.45) is 5.92 Å². The summed E-state index contributed by atoms with van der Waals surface area (Å²) in [6.07, 6.45) is -1.16. The lowest BCUT2D eigenvalue weighted by atomic mass is 9.80. The molecule has 0 heterocycles. The highest BCUT2D eigenvalue weighted by Crippen LogP contribution is 2.40. The Balaban J connectivity index is 2.15. The van der Waals surface area contributed by atoms with Crippen molar-refractivity contribution < 1.29 is 14.9 Å². The predicted octanol–water partition coefficient (Wildman–Crippen LogP) is 3.49. The van der Waals surface area contributed by atoms with Crippen LogP contribution in [0.3, 0.4) is 0 Å². The molecule has 0 spiro atoms. The van der Waals surface area contributed by atoms with Gasteiger partial charge in [0, 0.05) is 0 Å². The minimum absolute atomic E-state index is 0.0308. The van der Waals surface area contributed by atoms with E-state index in [0.29, 0.717) is 0 Å². The molecule has 4 nitrogen and oxygen atoms in total. The monoisotopic (exact) mass is 373 g/mol. The molecule has 0 unspecified atom stereocenters. The van der Waals surface area contributed by atoms with Gasteiger partial charge in [0.15, 0.2) is 0 Å². The molecule has 28 heavy (non-hydrogen) atoms. The molecule has 3 rings (SSSR count). The van der Waals surface area contributed by atoms with Gasteiger partial charge in [-0.2, -0.15) is 5.26 Å². The Morgan fingerprint density at radius 1 is 0.786 bits per heavy atom. The molecular formula is C24H23NO3. The molecule has 0 saturated carbocycles. The van der Waals surface area contributed by atoms with Crippen LogP contribution in [0.1, 0.15) is 16.7 Å². The van der Waals surface area contributed by atoms with Gasteiger partial charge in [0.05, 0.1) is 31.3 Å². The van der Waals surface area contributed by atoms with Gasteiger partial charge < -0.3 is 14.9 Å². The second-order valence-electron chi connectivity index (χ2n) is 6.58. The SMILES string of the molecule is N#C[C@H](COC(c1ccccc1)(c1ccccc1)c1ccccc1)[C@@H](O)CO. The Labute approximate surface area is 165 Å². The Morgan fingerprint density at radius 2 is 1.18 bits per heavy atom. The summed E-state index contributed by atoms with van der Waals surface area (Å²) in [6.45, 7) is -0.520. The quantitative estimate of drug-likeness (QED) is 0.593. The molecule has 0 amide bonds. The molecule has 0 saturated heterocycles. The molecule has 0 radical (unpaired) electrons. The summed E-state index contributed by atoms with van der Waals surface area (Å²) in [4.78, 5) is 0. The minimum atomic E-state index is -1.16. The number of rotatable bonds is 8. The van der Waals surface area contributed by atoms with E-state index < -0.39 is 24.2 Å². The van der Waals surface area contributed by atoms with Gasteiger partial charge >= 0.3 is 0 Å². The van der Waals surface area contributed by atoms with E-state index in [9.17, 15) is 15.5 Å². The normalized spacial score (nSPS) is 13.5. The molecule has 0 fully saturated rings. The largest absolute Gasteiger partial charge is 0.394 e. The molecule has 4 heteroatoms. The van der Waals surface area contributed by atoms with Crippen molar-refractivity contribution in [2.75, 3.05) is 13.2 Å². The fourth-order valence-electron chi connectivity index (χ4n) is 3.34. The summed E-state index contributed by atoms with van der Waals surface area (Å²) in [5, 5.41) is 28.7. The smallest absolute Gasteiger partial charge is 0.143 e. The summed E-state index contributed by atoms with van der Waals surface area (Å²) < 4.78 is 6.47. The van der Waals surface area contributed by atoms with Gasteiger partial charge in [-0.15, -0.1) is 0 Å². The molecule has 0 aliphatic rings. The first-order chi connectivity index (χ1) is 13.7. The molecule has 0 bridgehead atoms. The van der Waals surface area contributed by atoms with Crippen LogP contribution in [0.2, 0.25) is 0 Å². The Kier molecular flexibility index (Phi) is 6.57. The third-order valence-electron chi connectivity index (χ3n) is 4.84. The second kappa shape index (κ2) is 9.29. The third-order valence-corrected chi connectivity index (χ3v) is 4.84. The van der Waals surface area contributed by atoms with Crippen molar-refractivity contribution >= 4 is 0 Å². The van der Waals surface area contributed by atoms with Crippen molar-refractivity contribution in [2.45, 2.75) is 11.7 Å². The van der Waals surface area contributed by atoms with Gasteiger partial charge in [0.2, 0.25) is 0 Å². The number of aliphatic hydroxyl groups excluding tert-OH is 2. The van der Waals surface area contributed by atoms with Crippen LogP contribution in [0.25, 0.3) is 0 Å². The van der Waals surface area contributed by atoms with E-state index in [2.05, 4.69) is 0 Å². The highest BCUT2D eigenvalue weighted by Gasteiger charge is 2.38. The number of ether oxygens (including phenoxy) is 1. The molecule has 142 valence electrons. The van der Waals surface area contributed by atoms with Gasteiger partial charge in [-0.05, 0) is 16.7 Å². The van der Waals surface area contributed by atoms with Crippen molar-refractivity contribution in [3.63, 3.8) is 0 Å². The first-order valence-corrected chi connectivity index (χ1v) is 9.21. The van der Waals surface area contributed by atoms with Crippen molar-refractivity contribution in [3.05, 3.63) is 108 Å². The van der Waals surface area contributed by atoms with Gasteiger partial charge in [0.1, 0.15) is 5.60 Å². The van der Waals surface area contributed by atoms with Gasteiger partial charge in [-0.1, -0.05) is 91.0 Å². The summed E-state index contributed by atoms with van der Waals surface area (Å²) >= 11 is 0. The Morgan fingerprint density at radius 3 is 1.50 bits per heavy atom. The third kappa shape index (κ3) is 3.97. The number of hydrogen-bond acceptors (Lipinski definition) is 4. The fourth-order valence-corrected chi connectivity index (χ4v) is 3.34. The molecule has 0 aromatic heterocycles. The summed E-state index contributed by atoms with van der Waals surface area (Å²) in [7, 11) is 0. The standard InChI is InChI=1S/C24H23NO3/c25-16-19(23(27)17-26)18-28-24(20-10-4-1-5-11-20,21-12-6-2-7-13-21)22-14-8-3-9-15-22/h1-15,19,23,26-27H,17-18H2/t19-,23+/m1/s1. The van der Waals surface area contributed by atoms with Gasteiger partial charge in [-0.25, -0.2) is 0 Å². The van der Waals surface area contributed by atoms with E-state index in [-0.39, 0.29) is 6.61 Å². The minimum Gasteiger partial charge on any atom is -0.394 e. The zero-order valence-corrected chi connectivity index (χ0v) is 15.5. The molecule has 3 aromatic rings. The molecule has 0 aliphatic heterocycles. The van der Waals surface area contributed by atoms with Crippen LogP contribution in [0.4, 0.5) is 0 Å². The Bertz CT molecular complexity index is 795. The molecule has 2 atom stereocenters. The zero-order valence-electron chi connectivity index (χ0n) is 15.5. The molecule has 2 N–H and O–H groups in total. The highest BCUT2D eigenvalue weighted by molar-refractivity contribution is 5.47. The van der Waals surface area contributed by atoms with Crippen LogP contribution in [0.15, 0.2) is 91.0 Å². The number of nitrogens with zero attached hydrogens (tertiary/aromatic N) is 1. The summed E-state index contributed by atoms with van der Waals surface area (Å²) in [5.41, 5.74) is 1.81. The lowest BCUT2D eigenvalue weighted by Gasteiger charge is -2.36. The number of hydrogen-bond donors (Lipinski definition) is 2. The van der Waals surface area contributed by atoms with E-state index in [1.165, 1.54) is 0 Å². The summed E-state index contributed by atoms with van der Waals surface area (Å²) in [6, 6.07) is 31.5. The summed E-state index contributed by atoms with van der Waals surface area (Å²) in [5.74, 6) is -0.847. The topological polar surface area (TPSA) is 73.5 Å². The van der Waals surface area contributed by atoms with Crippen LogP contribution in [0.5, 0.6) is 0 Å². The van der Waals surface area contributed by atoms with Crippen molar-refractivity contribution in [1.82, 2.24) is 0 Å². The first kappa shape index (κ1) is 19.8. The molecule has 3 aromatic carbocycles. The first-order valence-electron chi connectivity index (χ1n) is 9.21. The van der Waals surface area contributed by atoms with Crippen LogP contribution < -0.4 is 0 Å². The maximum Gasteiger partial charge on any atom is 0.143 e. The van der Waals surface area contributed by atoms with Gasteiger partial charge in [0.25, 0.3) is 0 Å². The van der Waals surface area contributed by atoms with Crippen LogP contribution in [-0.4, -0.2) is 29.5 Å². The number of nitriles is 1. The van der Waals surface area contributed by atoms with Crippen molar-refractivity contribution in [3.8, 4) is 6.07 Å². The van der Waals surface area contributed by atoms with E-state index >= 15 is 0 Å². The molecular weight excluding hydrogens is 350 g/mol. The van der Waals surface area contributed by atoms with E-state index in [4.69, 9.17) is 4.74 Å². The number of aliphatic hydroxyl groups is 2. The lowest BCUT2D eigenvalue weighted by Crippen LogP contribution is -2.37. The maximum absolute atomic E-state index is 9.97. The van der Waals surface area contributed by atoms with Crippen LogP contribution in [0, 0.1) is 17.2 Å². The van der Waals surface area contributed by atoms with Crippen LogP contribution in [-0.2, 0) is 10.3 Å².